The van der Waals surface area contributed by atoms with Crippen LogP contribution in [0.4, 0.5) is 11.4 Å². The smallest absolute Gasteiger partial charge is 0.262 e. The van der Waals surface area contributed by atoms with Crippen LogP contribution in [-0.2, 0) is 9.59 Å². The zero-order valence-electron chi connectivity index (χ0n) is 13.5. The summed E-state index contributed by atoms with van der Waals surface area (Å²) in [6.45, 7) is 2.51. The summed E-state index contributed by atoms with van der Waals surface area (Å²) in [5, 5.41) is 2.78. The third kappa shape index (κ3) is 3.90. The number of carbonyl (C=O) groups excluding carboxylic acids is 2. The normalized spacial score (nSPS) is 13.9. The van der Waals surface area contributed by atoms with E-state index in [4.69, 9.17) is 4.74 Å². The molecular formula is C18H19N3O3. The molecule has 124 valence electrons. The van der Waals surface area contributed by atoms with Crippen molar-refractivity contribution in [2.45, 2.75) is 19.8 Å². The van der Waals surface area contributed by atoms with E-state index < -0.39 is 0 Å². The number of hydrogen-bond acceptors (Lipinski definition) is 4. The largest absolute Gasteiger partial charge is 0.482 e. The molecule has 2 amide bonds. The van der Waals surface area contributed by atoms with Gasteiger partial charge in [-0.1, -0.05) is 6.07 Å². The van der Waals surface area contributed by atoms with Crippen molar-refractivity contribution in [3.63, 3.8) is 0 Å². The van der Waals surface area contributed by atoms with E-state index >= 15 is 0 Å². The number of rotatable bonds is 5. The second-order valence-corrected chi connectivity index (χ2v) is 5.67. The Labute approximate surface area is 140 Å². The molecule has 0 unspecified atom stereocenters. The first-order valence-corrected chi connectivity index (χ1v) is 7.87. The van der Waals surface area contributed by atoms with Crippen LogP contribution < -0.4 is 15.0 Å². The molecule has 3 rings (SSSR count). The predicted molar refractivity (Wildman–Crippen MR) is 91.1 cm³/mol. The van der Waals surface area contributed by atoms with E-state index in [-0.39, 0.29) is 18.4 Å². The highest BCUT2D eigenvalue weighted by Gasteiger charge is 2.21. The maximum atomic E-state index is 12.0. The summed E-state index contributed by atoms with van der Waals surface area (Å²) in [6.07, 6.45) is 3.03. The Morgan fingerprint density at radius 3 is 2.92 bits per heavy atom. The van der Waals surface area contributed by atoms with Gasteiger partial charge in [0, 0.05) is 30.0 Å². The van der Waals surface area contributed by atoms with Crippen LogP contribution in [0.15, 0.2) is 42.6 Å². The summed E-state index contributed by atoms with van der Waals surface area (Å²) in [7, 11) is 0. The van der Waals surface area contributed by atoms with Crippen molar-refractivity contribution in [2.75, 3.05) is 23.4 Å². The number of aromatic nitrogens is 1. The number of aryl methyl sites for hydroxylation is 1. The van der Waals surface area contributed by atoms with Gasteiger partial charge < -0.3 is 15.0 Å². The number of nitrogens with zero attached hydrogens (tertiary/aromatic N) is 2. The number of anilines is 2. The Bertz CT molecular complexity index is 743. The topological polar surface area (TPSA) is 71.5 Å². The summed E-state index contributed by atoms with van der Waals surface area (Å²) in [5.74, 6) is 0.404. The fraction of sp³-hybridized carbons (Fsp3) is 0.278. The number of pyridine rings is 1. The van der Waals surface area contributed by atoms with Gasteiger partial charge in [0.15, 0.2) is 6.61 Å². The molecule has 1 aromatic carbocycles. The lowest BCUT2D eigenvalue weighted by atomic mass is 10.2. The number of ether oxygens (including phenoxy) is 1. The van der Waals surface area contributed by atoms with Crippen molar-refractivity contribution in [1.29, 1.82) is 0 Å². The summed E-state index contributed by atoms with van der Waals surface area (Å²) in [6, 6.07) is 10.9. The molecule has 2 heterocycles. The van der Waals surface area contributed by atoms with Gasteiger partial charge in [0.05, 0.1) is 6.20 Å². The van der Waals surface area contributed by atoms with Gasteiger partial charge >= 0.3 is 0 Å². The van der Waals surface area contributed by atoms with E-state index in [0.29, 0.717) is 17.9 Å². The highest BCUT2D eigenvalue weighted by atomic mass is 16.5. The molecule has 0 bridgehead atoms. The van der Waals surface area contributed by atoms with Crippen LogP contribution in [0.1, 0.15) is 18.5 Å². The third-order valence-corrected chi connectivity index (χ3v) is 3.77. The minimum absolute atomic E-state index is 0.0996. The van der Waals surface area contributed by atoms with Crippen LogP contribution in [0.5, 0.6) is 5.75 Å². The second kappa shape index (κ2) is 7.12. The average molecular weight is 325 g/mol. The Kier molecular flexibility index (Phi) is 4.74. The molecule has 1 fully saturated rings. The zero-order chi connectivity index (χ0) is 16.9. The van der Waals surface area contributed by atoms with Crippen LogP contribution in [0.25, 0.3) is 0 Å². The summed E-state index contributed by atoms with van der Waals surface area (Å²) in [5.41, 5.74) is 2.34. The lowest BCUT2D eigenvalue weighted by molar-refractivity contribution is -0.118. The minimum Gasteiger partial charge on any atom is -0.482 e. The van der Waals surface area contributed by atoms with Crippen molar-refractivity contribution < 1.29 is 14.3 Å². The van der Waals surface area contributed by atoms with Crippen LogP contribution >= 0.6 is 0 Å². The SMILES string of the molecule is Cc1ccc(OCC(=O)Nc2cccc(N3CCCC3=O)c2)cn1. The van der Waals surface area contributed by atoms with Crippen molar-refractivity contribution >= 4 is 23.2 Å². The zero-order valence-corrected chi connectivity index (χ0v) is 13.5. The monoisotopic (exact) mass is 325 g/mol. The molecular weight excluding hydrogens is 306 g/mol. The first-order chi connectivity index (χ1) is 11.6. The summed E-state index contributed by atoms with van der Waals surface area (Å²) < 4.78 is 5.40. The Hall–Kier alpha value is -2.89. The van der Waals surface area contributed by atoms with E-state index in [1.165, 1.54) is 0 Å². The number of hydrogen-bond donors (Lipinski definition) is 1. The van der Waals surface area contributed by atoms with Gasteiger partial charge in [0.25, 0.3) is 5.91 Å². The maximum absolute atomic E-state index is 12.0. The predicted octanol–water partition coefficient (Wildman–Crippen LogP) is 2.53. The molecule has 24 heavy (non-hydrogen) atoms. The molecule has 6 nitrogen and oxygen atoms in total. The Balaban J connectivity index is 1.58. The van der Waals surface area contributed by atoms with Crippen molar-refractivity contribution in [2.24, 2.45) is 0 Å². The number of benzene rings is 1. The Morgan fingerprint density at radius 1 is 1.33 bits per heavy atom. The lowest BCUT2D eigenvalue weighted by Gasteiger charge is -2.16. The maximum Gasteiger partial charge on any atom is 0.262 e. The molecule has 0 spiro atoms. The van der Waals surface area contributed by atoms with Crippen molar-refractivity contribution in [3.05, 3.63) is 48.3 Å². The van der Waals surface area contributed by atoms with E-state index in [0.717, 1.165) is 24.3 Å². The molecule has 0 atom stereocenters. The summed E-state index contributed by atoms with van der Waals surface area (Å²) >= 11 is 0. The molecule has 1 aliphatic rings. The van der Waals surface area contributed by atoms with Gasteiger partial charge in [0.2, 0.25) is 5.91 Å². The van der Waals surface area contributed by atoms with Crippen LogP contribution in [0.3, 0.4) is 0 Å². The fourth-order valence-corrected chi connectivity index (χ4v) is 2.56. The molecule has 1 aliphatic heterocycles. The standard InChI is InChI=1S/C18H19N3O3/c1-13-7-8-16(11-19-13)24-12-17(22)20-14-4-2-5-15(10-14)21-9-3-6-18(21)23/h2,4-5,7-8,10-11H,3,6,9,12H2,1H3,(H,20,22). The van der Waals surface area contributed by atoms with E-state index in [2.05, 4.69) is 10.3 Å². The number of nitrogens with one attached hydrogen (secondary N) is 1. The molecule has 0 aliphatic carbocycles. The van der Waals surface area contributed by atoms with Gasteiger partial charge in [-0.3, -0.25) is 14.6 Å². The minimum atomic E-state index is -0.263. The first kappa shape index (κ1) is 16.0. The van der Waals surface area contributed by atoms with Crippen LogP contribution in [0, 0.1) is 6.92 Å². The van der Waals surface area contributed by atoms with E-state index in [9.17, 15) is 9.59 Å². The Morgan fingerprint density at radius 2 is 2.21 bits per heavy atom. The van der Waals surface area contributed by atoms with E-state index in [1.807, 2.05) is 25.1 Å². The lowest BCUT2D eigenvalue weighted by Crippen LogP contribution is -2.24. The molecule has 1 N–H and O–H groups in total. The highest BCUT2D eigenvalue weighted by Crippen LogP contribution is 2.24. The first-order valence-electron chi connectivity index (χ1n) is 7.87. The number of carbonyl (C=O) groups is 2. The van der Waals surface area contributed by atoms with Crippen molar-refractivity contribution in [1.82, 2.24) is 4.98 Å². The molecule has 1 saturated heterocycles. The molecule has 0 radical (unpaired) electrons. The van der Waals surface area contributed by atoms with Gasteiger partial charge in [-0.25, -0.2) is 0 Å². The van der Waals surface area contributed by atoms with Gasteiger partial charge in [-0.15, -0.1) is 0 Å². The van der Waals surface area contributed by atoms with Crippen LogP contribution in [-0.4, -0.2) is 29.9 Å². The van der Waals surface area contributed by atoms with Crippen LogP contribution in [0.2, 0.25) is 0 Å². The fourth-order valence-electron chi connectivity index (χ4n) is 2.56. The van der Waals surface area contributed by atoms with E-state index in [1.54, 1.807) is 29.3 Å². The summed E-state index contributed by atoms with van der Waals surface area (Å²) in [4.78, 5) is 29.7. The van der Waals surface area contributed by atoms with Crippen molar-refractivity contribution in [3.8, 4) is 5.75 Å². The average Bonchev–Trinajstić information content (AvgIpc) is 3.01. The second-order valence-electron chi connectivity index (χ2n) is 5.67. The molecule has 0 saturated carbocycles. The molecule has 1 aromatic heterocycles. The number of amides is 2. The van der Waals surface area contributed by atoms with Gasteiger partial charge in [0.1, 0.15) is 5.75 Å². The van der Waals surface area contributed by atoms with Gasteiger partial charge in [-0.05, 0) is 43.7 Å². The quantitative estimate of drug-likeness (QED) is 0.917. The third-order valence-electron chi connectivity index (χ3n) is 3.77. The molecule has 2 aromatic rings. The van der Waals surface area contributed by atoms with Gasteiger partial charge in [-0.2, -0.15) is 0 Å². The molecule has 6 heteroatoms. The highest BCUT2D eigenvalue weighted by molar-refractivity contribution is 5.97.